The lowest BCUT2D eigenvalue weighted by molar-refractivity contribution is -0.663. The largest absolute Gasteiger partial charge is 0.508 e. The second-order valence-electron chi connectivity index (χ2n) is 8.96. The number of rotatable bonds is 9. The molecule has 3 atom stereocenters. The Labute approximate surface area is 197 Å². The number of phenolic OH excluding ortho intramolecular Hbond substituents is 1. The number of phenols is 1. The molecule has 3 N–H and O–H groups in total. The van der Waals surface area contributed by atoms with Gasteiger partial charge in [0.05, 0.1) is 19.2 Å². The second-order valence-corrected chi connectivity index (χ2v) is 8.96. The number of ether oxygens (including phenoxy) is 1. The third-order valence-corrected chi connectivity index (χ3v) is 6.82. The van der Waals surface area contributed by atoms with E-state index < -0.39 is 0 Å². The van der Waals surface area contributed by atoms with E-state index in [1.54, 1.807) is 12.1 Å². The van der Waals surface area contributed by atoms with Crippen molar-refractivity contribution in [1.29, 1.82) is 0 Å². The van der Waals surface area contributed by atoms with Crippen LogP contribution in [0.4, 0.5) is 0 Å². The van der Waals surface area contributed by atoms with Gasteiger partial charge >= 0.3 is 0 Å². The van der Waals surface area contributed by atoms with Gasteiger partial charge in [0, 0.05) is 38.4 Å². The van der Waals surface area contributed by atoms with E-state index in [0.29, 0.717) is 0 Å². The van der Waals surface area contributed by atoms with Crippen LogP contribution in [0.5, 0.6) is 5.75 Å². The molecular formula is C27H37N4O2+. The molecule has 6 nitrogen and oxygen atoms in total. The molecule has 0 spiro atoms. The first-order chi connectivity index (χ1) is 16.2. The first-order valence-electron chi connectivity index (χ1n) is 12.2. The second kappa shape index (κ2) is 11.5. The minimum Gasteiger partial charge on any atom is -0.508 e. The number of hydrogen-bond acceptors (Lipinski definition) is 5. The fourth-order valence-corrected chi connectivity index (χ4v) is 5.02. The molecule has 3 unspecified atom stereocenters. The molecule has 1 fully saturated rings. The summed E-state index contributed by atoms with van der Waals surface area (Å²) < 4.78 is 6.14. The van der Waals surface area contributed by atoms with E-state index in [2.05, 4.69) is 47.1 Å². The van der Waals surface area contributed by atoms with Gasteiger partial charge in [0.2, 0.25) is 0 Å². The number of piperazine rings is 1. The summed E-state index contributed by atoms with van der Waals surface area (Å²) in [4.78, 5) is 11.5. The molecular weight excluding hydrogens is 412 g/mol. The summed E-state index contributed by atoms with van der Waals surface area (Å²) in [5, 5.41) is 12.1. The highest BCUT2D eigenvalue weighted by Crippen LogP contribution is 2.39. The number of aromatic hydroxyl groups is 1. The molecule has 6 heteroatoms. The van der Waals surface area contributed by atoms with Crippen molar-refractivity contribution < 1.29 is 15.2 Å². The monoisotopic (exact) mass is 449 g/mol. The number of dihydropyridines is 1. The topological polar surface area (TPSA) is 74.0 Å². The SMILES string of the molecule is C=NC1N=CC(C2=CCC(OCCCN3CC[NH2+]CC3)C=C2)=C(CC)C1c1ccc(O)cc1. The Bertz CT molecular complexity index is 926. The molecule has 2 heterocycles. The van der Waals surface area contributed by atoms with Gasteiger partial charge in [-0.3, -0.25) is 14.9 Å². The molecule has 4 rings (SSSR count). The zero-order valence-corrected chi connectivity index (χ0v) is 19.7. The summed E-state index contributed by atoms with van der Waals surface area (Å²) in [7, 11) is 0. The highest BCUT2D eigenvalue weighted by Gasteiger charge is 2.30. The predicted octanol–water partition coefficient (Wildman–Crippen LogP) is 2.83. The van der Waals surface area contributed by atoms with Gasteiger partial charge in [-0.2, -0.15) is 0 Å². The Balaban J connectivity index is 1.39. The van der Waals surface area contributed by atoms with E-state index in [-0.39, 0.29) is 23.9 Å². The fraction of sp³-hybridized carbons (Fsp3) is 0.481. The molecule has 33 heavy (non-hydrogen) atoms. The highest BCUT2D eigenvalue weighted by atomic mass is 16.5. The maximum Gasteiger partial charge on any atom is 0.149 e. The first-order valence-corrected chi connectivity index (χ1v) is 12.2. The summed E-state index contributed by atoms with van der Waals surface area (Å²) in [6.07, 6.45) is 11.4. The molecule has 0 radical (unpaired) electrons. The molecule has 3 aliphatic rings. The summed E-state index contributed by atoms with van der Waals surface area (Å²) >= 11 is 0. The number of nitrogens with two attached hydrogens (primary N) is 1. The minimum absolute atomic E-state index is 0.0313. The molecule has 176 valence electrons. The number of hydrogen-bond donors (Lipinski definition) is 2. The van der Waals surface area contributed by atoms with Crippen LogP contribution in [-0.2, 0) is 4.74 Å². The Morgan fingerprint density at radius 3 is 2.70 bits per heavy atom. The summed E-state index contributed by atoms with van der Waals surface area (Å²) in [6.45, 7) is 12.7. The van der Waals surface area contributed by atoms with Gasteiger partial charge < -0.3 is 15.2 Å². The van der Waals surface area contributed by atoms with Crippen LogP contribution in [0.2, 0.25) is 0 Å². The van der Waals surface area contributed by atoms with E-state index in [4.69, 9.17) is 9.73 Å². The normalized spacial score (nSPS) is 25.8. The van der Waals surface area contributed by atoms with Crippen molar-refractivity contribution >= 4 is 12.9 Å². The van der Waals surface area contributed by atoms with E-state index >= 15 is 0 Å². The van der Waals surface area contributed by atoms with Crippen LogP contribution in [0.1, 0.15) is 37.7 Å². The maximum atomic E-state index is 9.71. The van der Waals surface area contributed by atoms with Gasteiger partial charge in [0.1, 0.15) is 11.9 Å². The zero-order chi connectivity index (χ0) is 23.0. The summed E-state index contributed by atoms with van der Waals surface area (Å²) in [5.41, 5.74) is 4.78. The standard InChI is InChI=1S/C27H36N4O2/c1-3-24-25(19-30-27(28-2)26(24)21-5-9-22(32)10-6-21)20-7-11-23(12-8-20)33-18-4-15-31-16-13-29-14-17-31/h5-11,19,23,26-27,29,32H,2-4,12-18H2,1H3/p+1. The quantitative estimate of drug-likeness (QED) is 0.450. The average molecular weight is 450 g/mol. The van der Waals surface area contributed by atoms with Crippen molar-refractivity contribution in [3.05, 3.63) is 64.8 Å². The lowest BCUT2D eigenvalue weighted by atomic mass is 9.80. The van der Waals surface area contributed by atoms with Crippen LogP contribution in [0.25, 0.3) is 0 Å². The third-order valence-electron chi connectivity index (χ3n) is 6.82. The number of nitrogens with zero attached hydrogens (tertiary/aromatic N) is 3. The Hall–Kier alpha value is -2.54. The van der Waals surface area contributed by atoms with Crippen molar-refractivity contribution in [3.8, 4) is 5.75 Å². The highest BCUT2D eigenvalue weighted by molar-refractivity contribution is 5.89. The number of allylic oxidation sites excluding steroid dienone is 3. The van der Waals surface area contributed by atoms with E-state index in [1.807, 2.05) is 18.3 Å². The van der Waals surface area contributed by atoms with Crippen LogP contribution in [0, 0.1) is 0 Å². The van der Waals surface area contributed by atoms with Gasteiger partial charge in [0.15, 0.2) is 0 Å². The van der Waals surface area contributed by atoms with E-state index in [1.165, 1.54) is 42.9 Å². The Morgan fingerprint density at radius 2 is 2.03 bits per heavy atom. The summed E-state index contributed by atoms with van der Waals surface area (Å²) in [6, 6.07) is 7.38. The van der Waals surface area contributed by atoms with Crippen LogP contribution < -0.4 is 5.32 Å². The predicted molar refractivity (Wildman–Crippen MR) is 134 cm³/mol. The molecule has 0 amide bonds. The summed E-state index contributed by atoms with van der Waals surface area (Å²) in [5.74, 6) is 0.297. The van der Waals surface area contributed by atoms with Crippen molar-refractivity contribution in [2.45, 2.75) is 44.4 Å². The molecule has 1 aromatic carbocycles. The van der Waals surface area contributed by atoms with Gasteiger partial charge in [0.25, 0.3) is 0 Å². The van der Waals surface area contributed by atoms with Crippen molar-refractivity contribution in [2.75, 3.05) is 39.3 Å². The van der Waals surface area contributed by atoms with Crippen LogP contribution in [0.3, 0.4) is 0 Å². The van der Waals surface area contributed by atoms with Gasteiger partial charge in [-0.25, -0.2) is 0 Å². The van der Waals surface area contributed by atoms with E-state index in [0.717, 1.165) is 38.0 Å². The lowest BCUT2D eigenvalue weighted by Crippen LogP contribution is -2.89. The van der Waals surface area contributed by atoms with Crippen LogP contribution >= 0.6 is 0 Å². The fourth-order valence-electron chi connectivity index (χ4n) is 5.02. The van der Waals surface area contributed by atoms with Crippen LogP contribution in [0.15, 0.2) is 69.2 Å². The Kier molecular flexibility index (Phi) is 8.26. The number of quaternary nitrogens is 1. The third kappa shape index (κ3) is 5.88. The molecule has 0 saturated carbocycles. The molecule has 1 aliphatic carbocycles. The number of aliphatic imine (C=N–C) groups is 2. The van der Waals surface area contributed by atoms with Crippen molar-refractivity contribution in [2.24, 2.45) is 9.98 Å². The molecule has 0 aromatic heterocycles. The van der Waals surface area contributed by atoms with Crippen molar-refractivity contribution in [1.82, 2.24) is 4.90 Å². The van der Waals surface area contributed by atoms with Crippen LogP contribution in [-0.4, -0.2) is 74.5 Å². The van der Waals surface area contributed by atoms with Gasteiger partial charge in [-0.1, -0.05) is 37.3 Å². The molecule has 2 aliphatic heterocycles. The maximum absolute atomic E-state index is 9.71. The average Bonchev–Trinajstić information content (AvgIpc) is 2.87. The molecule has 0 bridgehead atoms. The molecule has 1 saturated heterocycles. The molecule has 1 aromatic rings. The van der Waals surface area contributed by atoms with Gasteiger partial charge in [-0.15, -0.1) is 0 Å². The van der Waals surface area contributed by atoms with Crippen molar-refractivity contribution in [3.63, 3.8) is 0 Å². The first kappa shape index (κ1) is 23.6. The Morgan fingerprint density at radius 1 is 1.24 bits per heavy atom. The van der Waals surface area contributed by atoms with E-state index in [9.17, 15) is 5.11 Å². The van der Waals surface area contributed by atoms with Gasteiger partial charge in [-0.05, 0) is 60.4 Å². The lowest BCUT2D eigenvalue weighted by Gasteiger charge is -2.30. The smallest absolute Gasteiger partial charge is 0.149 e. The zero-order valence-electron chi connectivity index (χ0n) is 19.7. The minimum atomic E-state index is -0.240. The number of benzene rings is 1.